The molecule has 0 spiro atoms. The predicted octanol–water partition coefficient (Wildman–Crippen LogP) is 2.66. The molecular weight excluding hydrogens is 252 g/mol. The lowest BCUT2D eigenvalue weighted by Crippen LogP contribution is -2.24. The molecule has 0 radical (unpaired) electrons. The van der Waals surface area contributed by atoms with Crippen molar-refractivity contribution in [2.24, 2.45) is 10.9 Å². The third-order valence-electron chi connectivity index (χ3n) is 2.98. The highest BCUT2D eigenvalue weighted by Gasteiger charge is 2.10. The number of hydrogen-bond donors (Lipinski definition) is 2. The van der Waals surface area contributed by atoms with Crippen LogP contribution < -0.4 is 10.6 Å². The van der Waals surface area contributed by atoms with Crippen LogP contribution in [0.3, 0.4) is 0 Å². The first-order valence-electron chi connectivity index (χ1n) is 6.42. The van der Waals surface area contributed by atoms with Gasteiger partial charge in [-0.05, 0) is 31.2 Å². The van der Waals surface area contributed by atoms with E-state index in [9.17, 15) is 0 Å². The Bertz CT molecular complexity index is 583. The molecule has 3 N–H and O–H groups in total. The quantitative estimate of drug-likeness (QED) is 0.379. The van der Waals surface area contributed by atoms with E-state index in [0.717, 1.165) is 17.1 Å². The van der Waals surface area contributed by atoms with Crippen LogP contribution in [0.4, 0.5) is 11.4 Å². The van der Waals surface area contributed by atoms with Gasteiger partial charge in [-0.25, -0.2) is 0 Å². The molecule has 0 saturated heterocycles. The molecule has 2 aromatic rings. The van der Waals surface area contributed by atoms with Crippen molar-refractivity contribution in [1.82, 2.24) is 4.98 Å². The van der Waals surface area contributed by atoms with E-state index in [4.69, 9.17) is 10.9 Å². The normalized spacial score (nSPS) is 11.3. The van der Waals surface area contributed by atoms with Crippen LogP contribution in [0.25, 0.3) is 0 Å². The zero-order valence-corrected chi connectivity index (χ0v) is 11.4. The minimum absolute atomic E-state index is 0.219. The lowest BCUT2D eigenvalue weighted by molar-refractivity contribution is 0.317. The summed E-state index contributed by atoms with van der Waals surface area (Å²) in [7, 11) is 0. The second-order valence-corrected chi connectivity index (χ2v) is 4.48. The molecule has 1 aromatic heterocycles. The van der Waals surface area contributed by atoms with E-state index in [2.05, 4.69) is 15.0 Å². The van der Waals surface area contributed by atoms with E-state index in [1.807, 2.05) is 49.4 Å². The fourth-order valence-corrected chi connectivity index (χ4v) is 1.99. The Morgan fingerprint density at radius 3 is 2.65 bits per heavy atom. The number of hydrogen-bond acceptors (Lipinski definition) is 4. The number of pyridine rings is 1. The first-order chi connectivity index (χ1) is 9.70. The van der Waals surface area contributed by atoms with Crippen LogP contribution in [0.2, 0.25) is 0 Å². The highest BCUT2D eigenvalue weighted by Crippen LogP contribution is 2.25. The molecule has 5 heteroatoms. The molecule has 5 nitrogen and oxygen atoms in total. The first-order valence-corrected chi connectivity index (χ1v) is 6.42. The third-order valence-corrected chi connectivity index (χ3v) is 2.98. The van der Waals surface area contributed by atoms with E-state index in [0.29, 0.717) is 13.0 Å². The topological polar surface area (TPSA) is 74.7 Å². The van der Waals surface area contributed by atoms with E-state index in [-0.39, 0.29) is 5.84 Å². The van der Waals surface area contributed by atoms with Crippen LogP contribution in [-0.2, 0) is 0 Å². The van der Waals surface area contributed by atoms with Gasteiger partial charge in [0.25, 0.3) is 0 Å². The Hall–Kier alpha value is -2.56. The van der Waals surface area contributed by atoms with Crippen molar-refractivity contribution >= 4 is 17.2 Å². The van der Waals surface area contributed by atoms with Gasteiger partial charge in [0.1, 0.15) is 5.84 Å². The van der Waals surface area contributed by atoms with E-state index >= 15 is 0 Å². The summed E-state index contributed by atoms with van der Waals surface area (Å²) in [4.78, 5) is 6.33. The molecule has 2 rings (SSSR count). The van der Waals surface area contributed by atoms with Gasteiger partial charge in [0.15, 0.2) is 0 Å². The highest BCUT2D eigenvalue weighted by molar-refractivity contribution is 5.80. The SMILES string of the molecule is Cc1cc(N(CC/C(N)=N/O)c2ccccc2)ccn1. The standard InChI is InChI=1S/C15H18N4O/c1-12-11-14(7-9-17-12)19(10-8-15(16)18-20)13-5-3-2-4-6-13/h2-7,9,11,20H,8,10H2,1H3,(H2,16,18). The van der Waals surface area contributed by atoms with Crippen LogP contribution in [0.5, 0.6) is 0 Å². The number of amidine groups is 1. The van der Waals surface area contributed by atoms with Gasteiger partial charge >= 0.3 is 0 Å². The number of anilines is 2. The summed E-state index contributed by atoms with van der Waals surface area (Å²) in [5.74, 6) is 0.219. The number of nitrogens with two attached hydrogens (primary N) is 1. The number of rotatable bonds is 5. The van der Waals surface area contributed by atoms with E-state index in [1.54, 1.807) is 6.20 Å². The lowest BCUT2D eigenvalue weighted by atomic mass is 10.2. The maximum atomic E-state index is 8.67. The zero-order valence-electron chi connectivity index (χ0n) is 11.4. The second-order valence-electron chi connectivity index (χ2n) is 4.48. The number of para-hydroxylation sites is 1. The monoisotopic (exact) mass is 270 g/mol. The number of oxime groups is 1. The Morgan fingerprint density at radius 2 is 2.00 bits per heavy atom. The Labute approximate surface area is 118 Å². The number of aromatic nitrogens is 1. The van der Waals surface area contributed by atoms with Crippen LogP contribution in [0.15, 0.2) is 53.8 Å². The summed E-state index contributed by atoms with van der Waals surface area (Å²) in [6.45, 7) is 2.58. The summed E-state index contributed by atoms with van der Waals surface area (Å²) >= 11 is 0. The van der Waals surface area contributed by atoms with Gasteiger partial charge in [0, 0.05) is 36.2 Å². The summed E-state index contributed by atoms with van der Waals surface area (Å²) in [6, 6.07) is 14.0. The Kier molecular flexibility index (Phi) is 4.55. The van der Waals surface area contributed by atoms with Gasteiger partial charge in [-0.2, -0.15) is 0 Å². The third kappa shape index (κ3) is 3.47. The van der Waals surface area contributed by atoms with Gasteiger partial charge in [-0.15, -0.1) is 0 Å². The molecule has 0 aliphatic carbocycles. The van der Waals surface area contributed by atoms with Crippen molar-refractivity contribution in [2.75, 3.05) is 11.4 Å². The molecule has 0 unspecified atom stereocenters. The van der Waals surface area contributed by atoms with Crippen molar-refractivity contribution in [2.45, 2.75) is 13.3 Å². The average Bonchev–Trinajstić information content (AvgIpc) is 2.48. The number of benzene rings is 1. The smallest absolute Gasteiger partial charge is 0.140 e. The largest absolute Gasteiger partial charge is 0.409 e. The second kappa shape index (κ2) is 6.56. The number of aryl methyl sites for hydroxylation is 1. The molecule has 0 fully saturated rings. The van der Waals surface area contributed by atoms with Gasteiger partial charge in [-0.1, -0.05) is 23.4 Å². The predicted molar refractivity (Wildman–Crippen MR) is 80.4 cm³/mol. The molecule has 0 aliphatic rings. The fourth-order valence-electron chi connectivity index (χ4n) is 1.99. The molecule has 20 heavy (non-hydrogen) atoms. The van der Waals surface area contributed by atoms with Crippen molar-refractivity contribution < 1.29 is 5.21 Å². The maximum absolute atomic E-state index is 8.67. The van der Waals surface area contributed by atoms with Crippen LogP contribution in [0.1, 0.15) is 12.1 Å². The van der Waals surface area contributed by atoms with Crippen LogP contribution in [-0.4, -0.2) is 22.6 Å². The molecule has 0 amide bonds. The minimum Gasteiger partial charge on any atom is -0.409 e. The summed E-state index contributed by atoms with van der Waals surface area (Å²) in [5, 5.41) is 11.7. The van der Waals surface area contributed by atoms with E-state index in [1.165, 1.54) is 0 Å². The molecule has 1 heterocycles. The van der Waals surface area contributed by atoms with Gasteiger partial charge in [0.2, 0.25) is 0 Å². The molecule has 0 atom stereocenters. The van der Waals surface area contributed by atoms with Crippen LogP contribution in [0, 0.1) is 6.92 Å². The van der Waals surface area contributed by atoms with Crippen molar-refractivity contribution in [3.63, 3.8) is 0 Å². The van der Waals surface area contributed by atoms with Crippen LogP contribution >= 0.6 is 0 Å². The molecular formula is C15H18N4O. The van der Waals surface area contributed by atoms with Crippen molar-refractivity contribution in [3.8, 4) is 0 Å². The molecule has 104 valence electrons. The maximum Gasteiger partial charge on any atom is 0.140 e. The average molecular weight is 270 g/mol. The van der Waals surface area contributed by atoms with Crippen molar-refractivity contribution in [3.05, 3.63) is 54.4 Å². The van der Waals surface area contributed by atoms with Crippen molar-refractivity contribution in [1.29, 1.82) is 0 Å². The Morgan fingerprint density at radius 1 is 1.25 bits per heavy atom. The highest BCUT2D eigenvalue weighted by atomic mass is 16.4. The Balaban J connectivity index is 2.29. The number of nitrogens with zero attached hydrogens (tertiary/aromatic N) is 3. The molecule has 0 bridgehead atoms. The molecule has 0 aliphatic heterocycles. The summed E-state index contributed by atoms with van der Waals surface area (Å²) < 4.78 is 0. The molecule has 1 aromatic carbocycles. The lowest BCUT2D eigenvalue weighted by Gasteiger charge is -2.25. The summed E-state index contributed by atoms with van der Waals surface area (Å²) in [5.41, 5.74) is 8.62. The van der Waals surface area contributed by atoms with Gasteiger partial charge in [0.05, 0.1) is 0 Å². The molecule has 0 saturated carbocycles. The first kappa shape index (κ1) is 13.9. The fraction of sp³-hybridized carbons (Fsp3) is 0.200. The van der Waals surface area contributed by atoms with E-state index < -0.39 is 0 Å². The summed E-state index contributed by atoms with van der Waals surface area (Å²) in [6.07, 6.45) is 2.26. The zero-order chi connectivity index (χ0) is 14.4. The van der Waals surface area contributed by atoms with Gasteiger partial charge < -0.3 is 15.8 Å². The van der Waals surface area contributed by atoms with Gasteiger partial charge in [-0.3, -0.25) is 4.98 Å². The minimum atomic E-state index is 0.219.